The van der Waals surface area contributed by atoms with Gasteiger partial charge in [-0.1, -0.05) is 13.8 Å². The maximum atomic E-state index is 9.53. The van der Waals surface area contributed by atoms with Crippen LogP contribution in [0.15, 0.2) is 0 Å². The summed E-state index contributed by atoms with van der Waals surface area (Å²) in [5, 5.41) is 22.2. The second-order valence-electron chi connectivity index (χ2n) is 5.10. The fraction of sp³-hybridized carbons (Fsp3) is 1.00. The van der Waals surface area contributed by atoms with E-state index in [4.69, 9.17) is 0 Å². The Morgan fingerprint density at radius 2 is 1.67 bits per heavy atom. The van der Waals surface area contributed by atoms with Crippen LogP contribution in [0.25, 0.3) is 0 Å². The molecule has 0 amide bonds. The zero-order valence-electron chi connectivity index (χ0n) is 10.6. The van der Waals surface area contributed by atoms with E-state index in [1.807, 2.05) is 13.8 Å². The van der Waals surface area contributed by atoms with Crippen molar-refractivity contribution < 1.29 is 10.2 Å². The van der Waals surface area contributed by atoms with E-state index in [1.165, 1.54) is 0 Å². The average Bonchev–Trinajstić information content (AvgIpc) is 2.18. The molecule has 0 saturated heterocycles. The van der Waals surface area contributed by atoms with Crippen molar-refractivity contribution in [2.24, 2.45) is 5.41 Å². The van der Waals surface area contributed by atoms with E-state index in [9.17, 15) is 10.2 Å². The normalized spacial score (nSPS) is 13.2. The number of aliphatic hydroxyl groups is 2. The molecule has 0 radical (unpaired) electrons. The molecule has 0 aromatic heterocycles. The van der Waals surface area contributed by atoms with E-state index < -0.39 is 5.60 Å². The lowest BCUT2D eigenvalue weighted by atomic mass is 9.83. The van der Waals surface area contributed by atoms with E-state index in [-0.39, 0.29) is 12.0 Å². The molecule has 3 nitrogen and oxygen atoms in total. The van der Waals surface area contributed by atoms with E-state index >= 15 is 0 Å². The van der Waals surface area contributed by atoms with Gasteiger partial charge in [0.2, 0.25) is 0 Å². The molecule has 0 rings (SSSR count). The smallest absolute Gasteiger partial charge is 0.0603 e. The van der Waals surface area contributed by atoms with Crippen molar-refractivity contribution in [2.75, 3.05) is 19.7 Å². The van der Waals surface area contributed by atoms with Crippen LogP contribution in [0.4, 0.5) is 0 Å². The third-order valence-electron chi connectivity index (χ3n) is 3.25. The Labute approximate surface area is 93.9 Å². The van der Waals surface area contributed by atoms with Crippen LogP contribution in [0, 0.1) is 5.41 Å². The Morgan fingerprint density at radius 3 is 2.00 bits per heavy atom. The molecule has 0 aromatic carbocycles. The molecule has 92 valence electrons. The molecule has 3 N–H and O–H groups in total. The highest BCUT2D eigenvalue weighted by Crippen LogP contribution is 2.24. The van der Waals surface area contributed by atoms with Gasteiger partial charge in [-0.05, 0) is 39.7 Å². The average molecular weight is 217 g/mol. The van der Waals surface area contributed by atoms with Crippen molar-refractivity contribution in [1.29, 1.82) is 0 Å². The van der Waals surface area contributed by atoms with Crippen LogP contribution in [0.2, 0.25) is 0 Å². The third-order valence-corrected chi connectivity index (χ3v) is 3.25. The summed E-state index contributed by atoms with van der Waals surface area (Å²) in [6.45, 7) is 9.70. The molecule has 0 spiro atoms. The van der Waals surface area contributed by atoms with Gasteiger partial charge in [-0.2, -0.15) is 0 Å². The first-order valence-electron chi connectivity index (χ1n) is 5.93. The van der Waals surface area contributed by atoms with Crippen molar-refractivity contribution in [3.05, 3.63) is 0 Å². The minimum Gasteiger partial charge on any atom is -0.396 e. The van der Waals surface area contributed by atoms with Gasteiger partial charge in [0.1, 0.15) is 0 Å². The van der Waals surface area contributed by atoms with Gasteiger partial charge in [0.15, 0.2) is 0 Å². The molecular formula is C12H27NO2. The van der Waals surface area contributed by atoms with E-state index in [0.29, 0.717) is 0 Å². The van der Waals surface area contributed by atoms with Gasteiger partial charge in [-0.25, -0.2) is 0 Å². The largest absolute Gasteiger partial charge is 0.396 e. The molecule has 3 heteroatoms. The monoisotopic (exact) mass is 217 g/mol. The maximum Gasteiger partial charge on any atom is 0.0603 e. The summed E-state index contributed by atoms with van der Waals surface area (Å²) in [6.07, 6.45) is 2.70. The number of hydrogen-bond acceptors (Lipinski definition) is 3. The van der Waals surface area contributed by atoms with E-state index in [2.05, 4.69) is 19.2 Å². The Balaban J connectivity index is 3.82. The lowest BCUT2D eigenvalue weighted by Gasteiger charge is -2.30. The summed E-state index contributed by atoms with van der Waals surface area (Å²) >= 11 is 0. The predicted octanol–water partition coefficient (Wildman–Crippen LogP) is 1.54. The summed E-state index contributed by atoms with van der Waals surface area (Å²) in [4.78, 5) is 0. The fourth-order valence-electron chi connectivity index (χ4n) is 1.53. The summed E-state index contributed by atoms with van der Waals surface area (Å²) < 4.78 is 0. The number of nitrogens with one attached hydrogen (secondary N) is 1. The summed E-state index contributed by atoms with van der Waals surface area (Å²) in [5.74, 6) is 0. The Bertz CT molecular complexity index is 151. The molecule has 0 unspecified atom stereocenters. The molecule has 0 aliphatic carbocycles. The zero-order valence-corrected chi connectivity index (χ0v) is 10.6. The lowest BCUT2D eigenvalue weighted by Crippen LogP contribution is -2.38. The predicted molar refractivity (Wildman–Crippen MR) is 63.9 cm³/mol. The van der Waals surface area contributed by atoms with Crippen LogP contribution in [-0.2, 0) is 0 Å². The van der Waals surface area contributed by atoms with Crippen molar-refractivity contribution in [3.8, 4) is 0 Å². The number of rotatable bonds is 8. The first-order chi connectivity index (χ1) is 6.89. The number of hydrogen-bond donors (Lipinski definition) is 3. The minimum atomic E-state index is -0.604. The second-order valence-corrected chi connectivity index (χ2v) is 5.10. The summed E-state index contributed by atoms with van der Waals surface area (Å²) in [5.41, 5.74) is -0.590. The highest BCUT2D eigenvalue weighted by Gasteiger charge is 2.24. The van der Waals surface area contributed by atoms with Crippen molar-refractivity contribution in [3.63, 3.8) is 0 Å². The lowest BCUT2D eigenvalue weighted by molar-refractivity contribution is 0.0673. The van der Waals surface area contributed by atoms with E-state index in [1.54, 1.807) is 0 Å². The standard InChI is InChI=1S/C12H27NO2/c1-5-12(6-2,10-14)9-13-8-7-11(3,4)15/h13-15H,5-10H2,1-4H3. The van der Waals surface area contributed by atoms with Gasteiger partial charge >= 0.3 is 0 Å². The van der Waals surface area contributed by atoms with Gasteiger partial charge in [-0.3, -0.25) is 0 Å². The molecule has 0 heterocycles. The third kappa shape index (κ3) is 6.13. The molecule has 0 aliphatic rings. The first-order valence-corrected chi connectivity index (χ1v) is 5.93. The van der Waals surface area contributed by atoms with E-state index in [0.717, 1.165) is 32.4 Å². The second kappa shape index (κ2) is 6.46. The van der Waals surface area contributed by atoms with Crippen molar-refractivity contribution in [1.82, 2.24) is 5.32 Å². The maximum absolute atomic E-state index is 9.53. The quantitative estimate of drug-likeness (QED) is 0.541. The zero-order chi connectivity index (χ0) is 11.9. The molecular weight excluding hydrogens is 190 g/mol. The van der Waals surface area contributed by atoms with Gasteiger partial charge in [0.05, 0.1) is 5.60 Å². The molecule has 0 bridgehead atoms. The van der Waals surface area contributed by atoms with Crippen LogP contribution >= 0.6 is 0 Å². The van der Waals surface area contributed by atoms with Crippen LogP contribution in [-0.4, -0.2) is 35.5 Å². The van der Waals surface area contributed by atoms with Crippen molar-refractivity contribution in [2.45, 2.75) is 52.6 Å². The molecule has 0 aromatic rings. The summed E-state index contributed by atoms with van der Waals surface area (Å²) in [6, 6.07) is 0. The van der Waals surface area contributed by atoms with Crippen LogP contribution in [0.3, 0.4) is 0 Å². The van der Waals surface area contributed by atoms with Crippen molar-refractivity contribution >= 4 is 0 Å². The van der Waals surface area contributed by atoms with Crippen LogP contribution in [0.1, 0.15) is 47.0 Å². The van der Waals surface area contributed by atoms with Gasteiger partial charge in [0.25, 0.3) is 0 Å². The minimum absolute atomic E-state index is 0.0135. The first kappa shape index (κ1) is 14.9. The highest BCUT2D eigenvalue weighted by atomic mass is 16.3. The molecule has 0 atom stereocenters. The topological polar surface area (TPSA) is 52.5 Å². The van der Waals surface area contributed by atoms with Gasteiger partial charge in [0, 0.05) is 18.6 Å². The molecule has 0 aliphatic heterocycles. The Kier molecular flexibility index (Phi) is 6.41. The van der Waals surface area contributed by atoms with Crippen LogP contribution < -0.4 is 5.32 Å². The SMILES string of the molecule is CCC(CC)(CO)CNCCC(C)(C)O. The molecule has 15 heavy (non-hydrogen) atoms. The highest BCUT2D eigenvalue weighted by molar-refractivity contribution is 4.78. The van der Waals surface area contributed by atoms with Crippen LogP contribution in [0.5, 0.6) is 0 Å². The Hall–Kier alpha value is -0.120. The molecule has 0 saturated carbocycles. The molecule has 0 fully saturated rings. The van der Waals surface area contributed by atoms with Gasteiger partial charge in [-0.15, -0.1) is 0 Å². The van der Waals surface area contributed by atoms with Gasteiger partial charge < -0.3 is 15.5 Å². The fourth-order valence-corrected chi connectivity index (χ4v) is 1.53. The summed E-state index contributed by atoms with van der Waals surface area (Å²) in [7, 11) is 0. The number of aliphatic hydroxyl groups excluding tert-OH is 1. The Morgan fingerprint density at radius 1 is 1.13 bits per heavy atom.